The number of ether oxygens (including phenoxy) is 1. The van der Waals surface area contributed by atoms with E-state index in [9.17, 15) is 4.79 Å². The van der Waals surface area contributed by atoms with Gasteiger partial charge < -0.3 is 9.64 Å². The zero-order valence-corrected chi connectivity index (χ0v) is 9.73. The van der Waals surface area contributed by atoms with Crippen LogP contribution >= 0.6 is 0 Å². The van der Waals surface area contributed by atoms with Crippen LogP contribution in [-0.2, 0) is 9.53 Å². The first-order valence-corrected chi connectivity index (χ1v) is 6.13. The largest absolute Gasteiger partial charge is 0.381 e. The first-order valence-electron chi connectivity index (χ1n) is 6.13. The van der Waals surface area contributed by atoms with Gasteiger partial charge in [-0.1, -0.05) is 0 Å². The van der Waals surface area contributed by atoms with Crippen LogP contribution in [0.15, 0.2) is 0 Å². The minimum atomic E-state index is 0.755. The topological polar surface area (TPSA) is 44.8 Å². The zero-order chi connectivity index (χ0) is 11.2. The highest BCUT2D eigenvalue weighted by molar-refractivity contribution is 5.44. The van der Waals surface area contributed by atoms with E-state index in [-0.39, 0.29) is 0 Å². The van der Waals surface area contributed by atoms with Crippen molar-refractivity contribution in [2.24, 2.45) is 5.92 Å². The Morgan fingerprint density at radius 1 is 1.31 bits per heavy atom. The normalized spacial score (nSPS) is 28.1. The highest BCUT2D eigenvalue weighted by atomic mass is 16.5. The summed E-state index contributed by atoms with van der Waals surface area (Å²) in [5.41, 5.74) is 2.71. The molecule has 0 radical (unpaired) electrons. The molecule has 5 heteroatoms. The molecule has 2 saturated heterocycles. The lowest BCUT2D eigenvalue weighted by atomic mass is 10.0. The van der Waals surface area contributed by atoms with Crippen LogP contribution in [0.3, 0.4) is 0 Å². The molecule has 0 aromatic heterocycles. The van der Waals surface area contributed by atoms with Crippen molar-refractivity contribution >= 4 is 6.41 Å². The molecule has 0 aromatic carbocycles. The molecule has 1 atom stereocenters. The van der Waals surface area contributed by atoms with E-state index in [1.807, 2.05) is 5.01 Å². The highest BCUT2D eigenvalue weighted by Gasteiger charge is 2.19. The van der Waals surface area contributed by atoms with Gasteiger partial charge in [0.05, 0.1) is 0 Å². The molecule has 0 aromatic rings. The first-order chi connectivity index (χ1) is 7.88. The van der Waals surface area contributed by atoms with Gasteiger partial charge in [0.1, 0.15) is 0 Å². The molecule has 0 spiro atoms. The van der Waals surface area contributed by atoms with Crippen LogP contribution in [0.1, 0.15) is 12.8 Å². The molecule has 2 rings (SSSR count). The Bertz CT molecular complexity index is 211. The van der Waals surface area contributed by atoms with Gasteiger partial charge in [-0.3, -0.25) is 10.2 Å². The standard InChI is InChI=1S/C11H21N3O2/c15-10-12-14-6-4-13(5-7-14)3-1-11-2-8-16-9-11/h10-11H,1-9H2,(H,12,15). The lowest BCUT2D eigenvalue weighted by molar-refractivity contribution is -0.114. The second-order valence-corrected chi connectivity index (χ2v) is 4.59. The van der Waals surface area contributed by atoms with E-state index in [1.165, 1.54) is 19.4 Å². The van der Waals surface area contributed by atoms with Gasteiger partial charge in [0.25, 0.3) is 0 Å². The van der Waals surface area contributed by atoms with Gasteiger partial charge >= 0.3 is 0 Å². The Balaban J connectivity index is 1.59. The number of nitrogens with one attached hydrogen (secondary N) is 1. The van der Waals surface area contributed by atoms with Crippen molar-refractivity contribution in [2.75, 3.05) is 45.9 Å². The molecule has 92 valence electrons. The van der Waals surface area contributed by atoms with Crippen LogP contribution < -0.4 is 5.43 Å². The van der Waals surface area contributed by atoms with Crippen LogP contribution in [0.25, 0.3) is 0 Å². The molecule has 2 aliphatic heterocycles. The second-order valence-electron chi connectivity index (χ2n) is 4.59. The molecule has 5 nitrogen and oxygen atoms in total. The van der Waals surface area contributed by atoms with E-state index in [0.29, 0.717) is 0 Å². The average Bonchev–Trinajstić information content (AvgIpc) is 2.82. The number of hydrogen-bond donors (Lipinski definition) is 1. The molecular formula is C11H21N3O2. The maximum atomic E-state index is 10.3. The summed E-state index contributed by atoms with van der Waals surface area (Å²) in [5.74, 6) is 0.770. The van der Waals surface area contributed by atoms with Gasteiger partial charge in [-0.25, -0.2) is 5.01 Å². The number of carbonyl (C=O) groups is 1. The number of carbonyl (C=O) groups excluding carboxylic acids is 1. The third-order valence-electron chi connectivity index (χ3n) is 3.49. The quantitative estimate of drug-likeness (QED) is 0.655. The number of amides is 1. The molecule has 2 fully saturated rings. The van der Waals surface area contributed by atoms with Crippen LogP contribution in [-0.4, -0.2) is 62.3 Å². The van der Waals surface area contributed by atoms with E-state index in [0.717, 1.165) is 51.7 Å². The maximum absolute atomic E-state index is 10.3. The Kier molecular flexibility index (Phi) is 4.56. The number of hydrazine groups is 1. The number of hydrogen-bond acceptors (Lipinski definition) is 4. The van der Waals surface area contributed by atoms with Crippen molar-refractivity contribution in [1.82, 2.24) is 15.3 Å². The molecule has 1 amide bonds. The minimum Gasteiger partial charge on any atom is -0.381 e. The highest BCUT2D eigenvalue weighted by Crippen LogP contribution is 2.16. The Labute approximate surface area is 96.7 Å². The lowest BCUT2D eigenvalue weighted by Crippen LogP contribution is -2.51. The van der Waals surface area contributed by atoms with Crippen molar-refractivity contribution in [3.63, 3.8) is 0 Å². The first kappa shape index (κ1) is 11.8. The van der Waals surface area contributed by atoms with E-state index >= 15 is 0 Å². The Morgan fingerprint density at radius 3 is 2.75 bits per heavy atom. The third kappa shape index (κ3) is 3.43. The summed E-state index contributed by atoms with van der Waals surface area (Å²) in [6.45, 7) is 7.03. The summed E-state index contributed by atoms with van der Waals surface area (Å²) in [6.07, 6.45) is 3.24. The summed E-state index contributed by atoms with van der Waals surface area (Å²) in [7, 11) is 0. The molecule has 1 unspecified atom stereocenters. The van der Waals surface area contributed by atoms with E-state index < -0.39 is 0 Å². The van der Waals surface area contributed by atoms with E-state index in [2.05, 4.69) is 10.3 Å². The predicted molar refractivity (Wildman–Crippen MR) is 60.8 cm³/mol. The molecule has 2 aliphatic rings. The monoisotopic (exact) mass is 227 g/mol. The van der Waals surface area contributed by atoms with Crippen molar-refractivity contribution in [3.05, 3.63) is 0 Å². The summed E-state index contributed by atoms with van der Waals surface area (Å²) >= 11 is 0. The van der Waals surface area contributed by atoms with Crippen LogP contribution in [0.2, 0.25) is 0 Å². The average molecular weight is 227 g/mol. The third-order valence-corrected chi connectivity index (χ3v) is 3.49. The Morgan fingerprint density at radius 2 is 2.12 bits per heavy atom. The van der Waals surface area contributed by atoms with Gasteiger partial charge in [-0.05, 0) is 25.3 Å². The second kappa shape index (κ2) is 6.18. The van der Waals surface area contributed by atoms with Gasteiger partial charge in [0.2, 0.25) is 6.41 Å². The maximum Gasteiger partial charge on any atom is 0.221 e. The minimum absolute atomic E-state index is 0.755. The van der Waals surface area contributed by atoms with Crippen LogP contribution in [0.4, 0.5) is 0 Å². The fourth-order valence-corrected chi connectivity index (χ4v) is 2.35. The number of rotatable bonds is 5. The van der Waals surface area contributed by atoms with Gasteiger partial charge in [0.15, 0.2) is 0 Å². The summed E-state index contributed by atoms with van der Waals surface area (Å²) < 4.78 is 5.37. The molecule has 1 N–H and O–H groups in total. The van der Waals surface area contributed by atoms with Crippen LogP contribution in [0, 0.1) is 5.92 Å². The van der Waals surface area contributed by atoms with Crippen molar-refractivity contribution in [1.29, 1.82) is 0 Å². The molecule has 16 heavy (non-hydrogen) atoms. The van der Waals surface area contributed by atoms with Crippen molar-refractivity contribution < 1.29 is 9.53 Å². The molecule has 0 bridgehead atoms. The fourth-order valence-electron chi connectivity index (χ4n) is 2.35. The fraction of sp³-hybridized carbons (Fsp3) is 0.909. The van der Waals surface area contributed by atoms with Crippen molar-refractivity contribution in [3.8, 4) is 0 Å². The van der Waals surface area contributed by atoms with Crippen LogP contribution in [0.5, 0.6) is 0 Å². The van der Waals surface area contributed by atoms with Gasteiger partial charge in [-0.15, -0.1) is 0 Å². The SMILES string of the molecule is O=CNN1CCN(CCC2CCOC2)CC1. The summed E-state index contributed by atoms with van der Waals surface area (Å²) in [5, 5.41) is 1.97. The molecule has 2 heterocycles. The predicted octanol–water partition coefficient (Wildman–Crippen LogP) is -0.308. The van der Waals surface area contributed by atoms with E-state index in [1.54, 1.807) is 0 Å². The van der Waals surface area contributed by atoms with Crippen molar-refractivity contribution in [2.45, 2.75) is 12.8 Å². The smallest absolute Gasteiger partial charge is 0.221 e. The number of nitrogens with zero attached hydrogens (tertiary/aromatic N) is 2. The van der Waals surface area contributed by atoms with Gasteiger partial charge in [-0.2, -0.15) is 0 Å². The van der Waals surface area contributed by atoms with Gasteiger partial charge in [0, 0.05) is 39.4 Å². The molecule has 0 aliphatic carbocycles. The Hall–Kier alpha value is -0.650. The molecular weight excluding hydrogens is 206 g/mol. The van der Waals surface area contributed by atoms with E-state index in [4.69, 9.17) is 4.74 Å². The lowest BCUT2D eigenvalue weighted by Gasteiger charge is -2.34. The zero-order valence-electron chi connectivity index (χ0n) is 9.73. The number of piperazine rings is 1. The summed E-state index contributed by atoms with van der Waals surface area (Å²) in [4.78, 5) is 12.7. The summed E-state index contributed by atoms with van der Waals surface area (Å²) in [6, 6.07) is 0. The molecule has 0 saturated carbocycles.